The zero-order valence-electron chi connectivity index (χ0n) is 5.35. The van der Waals surface area contributed by atoms with Gasteiger partial charge in [0.2, 0.25) is 0 Å². The predicted molar refractivity (Wildman–Crippen MR) is 32.8 cm³/mol. The second kappa shape index (κ2) is 11.3. The van der Waals surface area contributed by atoms with Gasteiger partial charge in [-0.1, -0.05) is 0 Å². The topological polar surface area (TPSA) is 63.3 Å². The molecule has 3 nitrogen and oxygen atoms in total. The number of carboxylic acid groups (broad SMARTS) is 1. The molecule has 38 valence electrons. The van der Waals surface area contributed by atoms with Crippen LogP contribution in [0, 0.1) is 0 Å². The van der Waals surface area contributed by atoms with Gasteiger partial charge in [0, 0.05) is 65.7 Å². The molecule has 0 saturated heterocycles. The van der Waals surface area contributed by atoms with Crippen LogP contribution in [0.2, 0.25) is 0 Å². The third kappa shape index (κ3) is 15.7. The van der Waals surface area contributed by atoms with E-state index in [0.29, 0.717) is 0 Å². The second-order valence-electron chi connectivity index (χ2n) is 0.932. The monoisotopic (exact) mass is 135 g/mol. The van der Waals surface area contributed by atoms with Gasteiger partial charge in [-0.05, 0) is 0 Å². The summed E-state index contributed by atoms with van der Waals surface area (Å²) in [6.45, 7) is 0.231. The van der Waals surface area contributed by atoms with Crippen molar-refractivity contribution in [1.82, 2.24) is 0 Å². The molecular formula is C3H7NNa2O2. The van der Waals surface area contributed by atoms with E-state index in [-0.39, 0.29) is 72.1 Å². The van der Waals surface area contributed by atoms with E-state index in [1.807, 2.05) is 0 Å². The van der Waals surface area contributed by atoms with E-state index in [1.54, 1.807) is 0 Å². The molecule has 0 saturated carbocycles. The average Bonchev–Trinajstić information content (AvgIpc) is 1.35. The van der Waals surface area contributed by atoms with E-state index in [2.05, 4.69) is 0 Å². The average molecular weight is 135 g/mol. The van der Waals surface area contributed by atoms with Crippen molar-refractivity contribution < 1.29 is 9.90 Å². The maximum atomic E-state index is 9.52. The number of carboxylic acids is 1. The molecule has 0 atom stereocenters. The Balaban J connectivity index is -0.000000125. The van der Waals surface area contributed by atoms with Crippen molar-refractivity contribution in [2.24, 2.45) is 5.73 Å². The van der Waals surface area contributed by atoms with Crippen molar-refractivity contribution in [3.05, 3.63) is 0 Å². The maximum Gasteiger partial charge on any atom is 0.304 e. The minimum Gasteiger partial charge on any atom is -0.481 e. The quantitative estimate of drug-likeness (QED) is 0.460. The fourth-order valence-corrected chi connectivity index (χ4v) is 0.123. The van der Waals surface area contributed by atoms with Crippen molar-refractivity contribution in [3.63, 3.8) is 0 Å². The van der Waals surface area contributed by atoms with Gasteiger partial charge in [-0.3, -0.25) is 4.79 Å². The number of rotatable bonds is 2. The summed E-state index contributed by atoms with van der Waals surface area (Å²) in [4.78, 5) is 9.52. The largest absolute Gasteiger partial charge is 0.481 e. The Kier molecular flexibility index (Phi) is 22.8. The van der Waals surface area contributed by atoms with Crippen LogP contribution in [0.1, 0.15) is 6.42 Å². The molecule has 0 bridgehead atoms. The summed E-state index contributed by atoms with van der Waals surface area (Å²) < 4.78 is 0. The molecule has 3 N–H and O–H groups in total. The number of hydrogen-bond donors (Lipinski definition) is 2. The van der Waals surface area contributed by atoms with Gasteiger partial charge in [-0.2, -0.15) is 0 Å². The second-order valence-corrected chi connectivity index (χ2v) is 0.932. The van der Waals surface area contributed by atoms with E-state index in [1.165, 1.54) is 0 Å². The van der Waals surface area contributed by atoms with E-state index in [4.69, 9.17) is 10.8 Å². The van der Waals surface area contributed by atoms with E-state index < -0.39 is 5.97 Å². The molecule has 0 aliphatic carbocycles. The summed E-state index contributed by atoms with van der Waals surface area (Å²) in [5, 5.41) is 7.83. The molecule has 0 aromatic heterocycles. The Labute approximate surface area is 92.6 Å². The van der Waals surface area contributed by atoms with Crippen LogP contribution < -0.4 is 5.73 Å². The summed E-state index contributed by atoms with van der Waals surface area (Å²) in [5.41, 5.74) is 4.85. The maximum absolute atomic E-state index is 9.52. The zero-order chi connectivity index (χ0) is 4.99. The molecule has 5 heteroatoms. The zero-order valence-corrected chi connectivity index (χ0v) is 9.35. The first-order chi connectivity index (χ1) is 2.77. The minimum absolute atomic E-state index is 0. The van der Waals surface area contributed by atoms with Crippen LogP contribution >= 0.6 is 0 Å². The van der Waals surface area contributed by atoms with Gasteiger partial charge in [-0.15, -0.1) is 0 Å². The first kappa shape index (κ1) is 16.2. The standard InChI is InChI=1S/C3H7NO2.2Na/c4-2-1-3(5)6;;/h1-2,4H2,(H,5,6);;. The van der Waals surface area contributed by atoms with Crippen LogP contribution in [0.5, 0.6) is 0 Å². The molecule has 0 rings (SSSR count). The van der Waals surface area contributed by atoms with Gasteiger partial charge in [0.15, 0.2) is 0 Å². The number of hydrogen-bond acceptors (Lipinski definition) is 2. The third-order valence-electron chi connectivity index (χ3n) is 0.358. The van der Waals surface area contributed by atoms with Crippen molar-refractivity contribution >= 4 is 65.1 Å². The molecule has 0 aromatic rings. The Hall–Kier alpha value is 1.43. The van der Waals surface area contributed by atoms with E-state index >= 15 is 0 Å². The SMILES string of the molecule is NCCC(=O)O.[Na].[Na]. The molecule has 8 heavy (non-hydrogen) atoms. The Morgan fingerprint density at radius 1 is 1.50 bits per heavy atom. The number of carbonyl (C=O) groups is 1. The third-order valence-corrected chi connectivity index (χ3v) is 0.358. The van der Waals surface area contributed by atoms with Crippen LogP contribution in [-0.2, 0) is 4.79 Å². The van der Waals surface area contributed by atoms with Gasteiger partial charge in [-0.25, -0.2) is 0 Å². The van der Waals surface area contributed by atoms with Crippen molar-refractivity contribution in [2.75, 3.05) is 6.54 Å². The van der Waals surface area contributed by atoms with Crippen LogP contribution in [0.15, 0.2) is 0 Å². The summed E-state index contributed by atoms with van der Waals surface area (Å²) >= 11 is 0. The molecule has 0 fully saturated rings. The van der Waals surface area contributed by atoms with Crippen LogP contribution in [0.25, 0.3) is 0 Å². The Bertz CT molecular complexity index is 59.2. The summed E-state index contributed by atoms with van der Waals surface area (Å²) in [5.74, 6) is -0.836. The van der Waals surface area contributed by atoms with Crippen LogP contribution in [0.3, 0.4) is 0 Å². The smallest absolute Gasteiger partial charge is 0.304 e. The number of aliphatic carboxylic acids is 1. The molecule has 0 unspecified atom stereocenters. The summed E-state index contributed by atoms with van der Waals surface area (Å²) in [6, 6.07) is 0. The first-order valence-corrected chi connectivity index (χ1v) is 1.69. The normalized spacial score (nSPS) is 6.12. The van der Waals surface area contributed by atoms with E-state index in [0.717, 1.165) is 0 Å². The van der Waals surface area contributed by atoms with Gasteiger partial charge >= 0.3 is 5.97 Å². The van der Waals surface area contributed by atoms with Crippen LogP contribution in [-0.4, -0.2) is 76.7 Å². The molecule has 0 aliphatic heterocycles. The molecule has 0 aliphatic rings. The fraction of sp³-hybridized carbons (Fsp3) is 0.667. The molecular weight excluding hydrogens is 128 g/mol. The first-order valence-electron chi connectivity index (χ1n) is 1.69. The van der Waals surface area contributed by atoms with Crippen LogP contribution in [0.4, 0.5) is 0 Å². The molecule has 0 heterocycles. The fourth-order valence-electron chi connectivity index (χ4n) is 0.123. The van der Waals surface area contributed by atoms with Gasteiger partial charge in [0.1, 0.15) is 0 Å². The summed E-state index contributed by atoms with van der Waals surface area (Å²) in [6.07, 6.45) is 0.0694. The number of nitrogens with two attached hydrogens (primary N) is 1. The van der Waals surface area contributed by atoms with Crippen molar-refractivity contribution in [2.45, 2.75) is 6.42 Å². The molecule has 0 spiro atoms. The molecule has 0 aromatic carbocycles. The summed E-state index contributed by atoms with van der Waals surface area (Å²) in [7, 11) is 0. The van der Waals surface area contributed by atoms with Gasteiger partial charge < -0.3 is 10.8 Å². The van der Waals surface area contributed by atoms with Crippen molar-refractivity contribution in [1.29, 1.82) is 0 Å². The van der Waals surface area contributed by atoms with E-state index in [9.17, 15) is 4.79 Å². The Morgan fingerprint density at radius 3 is 1.88 bits per heavy atom. The van der Waals surface area contributed by atoms with Crippen molar-refractivity contribution in [3.8, 4) is 0 Å². The van der Waals surface area contributed by atoms with Gasteiger partial charge in [0.05, 0.1) is 6.42 Å². The predicted octanol–water partition coefficient (Wildman–Crippen LogP) is -1.34. The Morgan fingerprint density at radius 2 is 1.88 bits per heavy atom. The minimum atomic E-state index is -0.836. The molecule has 2 radical (unpaired) electrons. The molecule has 0 amide bonds. The van der Waals surface area contributed by atoms with Gasteiger partial charge in [0.25, 0.3) is 0 Å².